The monoisotopic (exact) mass is 1300 g/mol. The molecule has 4 aromatic heterocycles. The number of nitrogens with zero attached hydrogens (tertiary/aromatic N) is 3. The van der Waals surface area contributed by atoms with Gasteiger partial charge < -0.3 is 4.42 Å². The Morgan fingerprint density at radius 2 is 0.516 bits per heavy atom. The molecular formula is C79H103N3O13. The Morgan fingerprint density at radius 3 is 0.832 bits per heavy atom. The maximum atomic E-state index is 11.8. The van der Waals surface area contributed by atoms with E-state index in [4.69, 9.17) is 4.42 Å². The summed E-state index contributed by atoms with van der Waals surface area (Å²) in [6.07, 6.45) is 6.03. The molecule has 0 radical (unpaired) electrons. The average molecular weight is 1300 g/mol. The fourth-order valence-electron chi connectivity index (χ4n) is 8.17. The van der Waals surface area contributed by atoms with Gasteiger partial charge in [0.25, 0.3) is 0 Å². The molecule has 0 fully saturated rings. The number of aromatic nitrogens is 3. The zero-order chi connectivity index (χ0) is 73.0. The third kappa shape index (κ3) is 27.6. The van der Waals surface area contributed by atoms with Gasteiger partial charge in [0.2, 0.25) is 11.6 Å². The van der Waals surface area contributed by atoms with E-state index in [2.05, 4.69) is 15.0 Å². The molecule has 0 spiro atoms. The fraction of sp³-hybridized carbons (Fsp3) is 0.456. The van der Waals surface area contributed by atoms with Crippen molar-refractivity contribution < 1.29 is 62.0 Å². The lowest BCUT2D eigenvalue weighted by molar-refractivity contribution is 0.0877. The molecule has 0 unspecified atom stereocenters. The van der Waals surface area contributed by atoms with Crippen molar-refractivity contribution in [1.29, 1.82) is 0 Å². The quantitative estimate of drug-likeness (QED) is 0.0510. The summed E-state index contributed by atoms with van der Waals surface area (Å²) in [6, 6.07) is 25.2. The van der Waals surface area contributed by atoms with E-state index in [-0.39, 0.29) is 152 Å². The molecule has 512 valence electrons. The number of hydrogen-bond acceptors (Lipinski definition) is 16. The summed E-state index contributed by atoms with van der Waals surface area (Å²) in [5.74, 6) is 0.146. The van der Waals surface area contributed by atoms with Gasteiger partial charge in [0.1, 0.15) is 11.4 Å². The smallest absolute Gasteiger partial charge is 0.200 e. The lowest BCUT2D eigenvalue weighted by Gasteiger charge is -2.07. The molecule has 0 saturated heterocycles. The van der Waals surface area contributed by atoms with Gasteiger partial charge in [-0.1, -0.05) is 209 Å². The molecule has 4 heterocycles. The standard InChI is InChI=1S/2C14H18O2.3C13H17NO2.C12H16O3/c1-9(2)13(15)11-5-7-12(8-6-11)14(16)10(3)4;1-9(2)13(15)11-6-5-7-12(8-11)14(16)10(3)4;1-8(2)12(15)10-5-11(7-14-6-10)13(16)9(3)4;1-8(2)12(15)10-5-6-14-11(7-10)13(16)9(3)4;1-8(2)12(15)10-5-6-11(14-7-10)13(16)9(3)4;1-7(2)11(13)9-5-6-10(15-9)12(14)8(3)4/h2*5-10H,1-4H3;3*5-9H,1-4H3;5-8H,1-4H3. The maximum absolute atomic E-state index is 11.8. The van der Waals surface area contributed by atoms with Crippen LogP contribution in [0.1, 0.15) is 291 Å². The Bertz CT molecular complexity index is 3100. The third-order valence-electron chi connectivity index (χ3n) is 14.2. The molecule has 95 heavy (non-hydrogen) atoms. The second-order valence-corrected chi connectivity index (χ2v) is 26.9. The van der Waals surface area contributed by atoms with Crippen molar-refractivity contribution in [3.63, 3.8) is 0 Å². The second kappa shape index (κ2) is 40.5. The van der Waals surface area contributed by atoms with Gasteiger partial charge in [0, 0.05) is 140 Å². The van der Waals surface area contributed by atoms with Crippen LogP contribution in [0.4, 0.5) is 0 Å². The molecule has 0 atom stereocenters. The molecule has 2 aromatic carbocycles. The highest BCUT2D eigenvalue weighted by molar-refractivity contribution is 6.05. The summed E-state index contributed by atoms with van der Waals surface area (Å²) in [7, 11) is 0. The highest BCUT2D eigenvalue weighted by Crippen LogP contribution is 2.20. The number of Topliss-reactive ketones (excluding diaryl/α,β-unsaturated/α-hetero) is 12. The van der Waals surface area contributed by atoms with Gasteiger partial charge in [-0.3, -0.25) is 72.5 Å². The summed E-state index contributed by atoms with van der Waals surface area (Å²) in [6.45, 7) is 44.1. The number of pyridine rings is 3. The van der Waals surface area contributed by atoms with E-state index >= 15 is 0 Å². The lowest BCUT2D eigenvalue weighted by atomic mass is 9.95. The van der Waals surface area contributed by atoms with E-state index in [0.29, 0.717) is 55.9 Å². The maximum Gasteiger partial charge on any atom is 0.200 e. The number of ketones is 12. The Balaban J connectivity index is 0.000000570. The van der Waals surface area contributed by atoms with Crippen LogP contribution in [-0.4, -0.2) is 84.4 Å². The molecular weight excluding hydrogens is 1200 g/mol. The first-order chi connectivity index (χ1) is 44.1. The minimum atomic E-state index is -0.113. The minimum Gasteiger partial charge on any atom is -0.450 e. The van der Waals surface area contributed by atoms with E-state index in [9.17, 15) is 57.5 Å². The van der Waals surface area contributed by atoms with Gasteiger partial charge in [0.15, 0.2) is 69.4 Å². The molecule has 16 nitrogen and oxygen atoms in total. The summed E-state index contributed by atoms with van der Waals surface area (Å²) in [5, 5.41) is 0. The molecule has 0 bridgehead atoms. The van der Waals surface area contributed by atoms with E-state index in [1.807, 2.05) is 138 Å². The molecule has 0 aliphatic rings. The fourth-order valence-corrected chi connectivity index (χ4v) is 8.17. The van der Waals surface area contributed by atoms with Crippen molar-refractivity contribution >= 4 is 69.4 Å². The Morgan fingerprint density at radius 1 is 0.242 bits per heavy atom. The van der Waals surface area contributed by atoms with Crippen molar-refractivity contribution in [3.05, 3.63) is 183 Å². The summed E-state index contributed by atoms with van der Waals surface area (Å²) in [4.78, 5) is 152. The first-order valence-corrected chi connectivity index (χ1v) is 32.8. The van der Waals surface area contributed by atoms with Crippen LogP contribution in [0.25, 0.3) is 0 Å². The highest BCUT2D eigenvalue weighted by Gasteiger charge is 2.22. The van der Waals surface area contributed by atoms with Gasteiger partial charge in [0.05, 0.1) is 0 Å². The lowest BCUT2D eigenvalue weighted by Crippen LogP contribution is -2.13. The molecule has 0 aliphatic heterocycles. The Kier molecular flexibility index (Phi) is 35.9. The zero-order valence-electron chi connectivity index (χ0n) is 60.5. The van der Waals surface area contributed by atoms with Gasteiger partial charge in [-0.25, -0.2) is 0 Å². The molecule has 16 heteroatoms. The van der Waals surface area contributed by atoms with Gasteiger partial charge >= 0.3 is 0 Å². The molecule has 6 rings (SSSR count). The normalized spacial score (nSPS) is 10.9. The molecule has 0 amide bonds. The Labute approximate surface area is 564 Å². The third-order valence-corrected chi connectivity index (χ3v) is 14.2. The van der Waals surface area contributed by atoms with E-state index in [0.717, 1.165) is 0 Å². The Hall–Kier alpha value is -8.79. The number of hydrogen-bond donors (Lipinski definition) is 0. The van der Waals surface area contributed by atoms with Crippen LogP contribution in [0.5, 0.6) is 0 Å². The van der Waals surface area contributed by atoms with Crippen molar-refractivity contribution in [2.24, 2.45) is 71.0 Å². The van der Waals surface area contributed by atoms with Gasteiger partial charge in [-0.2, -0.15) is 0 Å². The first kappa shape index (κ1) is 84.2. The number of carbonyl (C=O) groups excluding carboxylic acids is 12. The molecule has 0 N–H and O–H groups in total. The number of furan rings is 1. The SMILES string of the molecule is CC(C)C(=O)c1ccc(C(=O)C(C)C)cc1.CC(C)C(=O)c1ccc(C(=O)C(C)C)nc1.CC(C)C(=O)c1ccc(C(=O)C(C)C)o1.CC(C)C(=O)c1cccc(C(=O)C(C)C)c1.CC(C)C(=O)c1ccnc(C(=O)C(C)C)c1.CC(C)C(=O)c1cncc(C(=O)C(C)C)c1. The van der Waals surface area contributed by atoms with Crippen LogP contribution >= 0.6 is 0 Å². The summed E-state index contributed by atoms with van der Waals surface area (Å²) in [5.41, 5.74) is 5.57. The van der Waals surface area contributed by atoms with Crippen molar-refractivity contribution in [2.45, 2.75) is 166 Å². The largest absolute Gasteiger partial charge is 0.450 e. The number of rotatable bonds is 24. The van der Waals surface area contributed by atoms with E-state index in [1.165, 1.54) is 24.8 Å². The number of carbonyl (C=O) groups is 12. The van der Waals surface area contributed by atoms with Gasteiger partial charge in [-0.15, -0.1) is 0 Å². The van der Waals surface area contributed by atoms with Crippen molar-refractivity contribution in [3.8, 4) is 0 Å². The van der Waals surface area contributed by atoms with Crippen molar-refractivity contribution in [2.75, 3.05) is 0 Å². The molecule has 0 aliphatic carbocycles. The first-order valence-electron chi connectivity index (χ1n) is 32.8. The molecule has 0 saturated carbocycles. The number of benzene rings is 2. The van der Waals surface area contributed by atoms with Crippen LogP contribution in [0.2, 0.25) is 0 Å². The molecule has 6 aromatic rings. The highest BCUT2D eigenvalue weighted by atomic mass is 16.4. The predicted molar refractivity (Wildman–Crippen MR) is 374 cm³/mol. The van der Waals surface area contributed by atoms with E-state index < -0.39 is 0 Å². The van der Waals surface area contributed by atoms with Crippen LogP contribution in [0.15, 0.2) is 120 Å². The minimum absolute atomic E-state index is 0.00328. The van der Waals surface area contributed by atoms with Crippen LogP contribution in [0, 0.1) is 71.0 Å². The summed E-state index contributed by atoms with van der Waals surface area (Å²) >= 11 is 0. The van der Waals surface area contributed by atoms with Crippen molar-refractivity contribution in [1.82, 2.24) is 15.0 Å². The predicted octanol–water partition coefficient (Wildman–Crippen LogP) is 18.0. The van der Waals surface area contributed by atoms with E-state index in [1.54, 1.807) is 119 Å². The average Bonchev–Trinajstić information content (AvgIpc) is 2.05. The summed E-state index contributed by atoms with van der Waals surface area (Å²) < 4.78 is 5.23. The van der Waals surface area contributed by atoms with Crippen LogP contribution < -0.4 is 0 Å². The van der Waals surface area contributed by atoms with Crippen LogP contribution in [-0.2, 0) is 0 Å². The second-order valence-electron chi connectivity index (χ2n) is 26.9. The van der Waals surface area contributed by atoms with Crippen LogP contribution in [0.3, 0.4) is 0 Å². The van der Waals surface area contributed by atoms with Gasteiger partial charge in [-0.05, 0) is 48.5 Å². The zero-order valence-corrected chi connectivity index (χ0v) is 60.5. The topological polar surface area (TPSA) is 257 Å².